The SMILES string of the molecule is O[C@@H]1[C@@H](O)[C@H](OCCc2ccccc2)O[C@H](CO[C@@H]2OC[C@@H](O)[C@H](O)[C@H]2O)[C@H]1O. The van der Waals surface area contributed by atoms with Crippen LogP contribution in [0.2, 0.25) is 0 Å². The molecule has 164 valence electrons. The molecule has 2 aliphatic rings. The van der Waals surface area contributed by atoms with Crippen molar-refractivity contribution in [2.24, 2.45) is 0 Å². The molecule has 10 heteroatoms. The third kappa shape index (κ3) is 5.50. The smallest absolute Gasteiger partial charge is 0.186 e. The predicted octanol–water partition coefficient (Wildman–Crippen LogP) is -2.49. The van der Waals surface area contributed by atoms with Gasteiger partial charge in [-0.15, -0.1) is 0 Å². The lowest BCUT2D eigenvalue weighted by atomic mass is 9.99. The number of aliphatic hydroxyl groups excluding tert-OH is 6. The fourth-order valence-electron chi connectivity index (χ4n) is 3.25. The standard InChI is InChI=1S/C19H28O10/c20-11-8-27-18(16(24)13(11)21)28-9-12-14(22)15(23)17(25)19(29-12)26-7-6-10-4-2-1-3-5-10/h1-5,11-25H,6-9H2/t11-,12-,13+,14-,15+,16-,17-,18+,19-/m1/s1. The highest BCUT2D eigenvalue weighted by atomic mass is 16.7. The van der Waals surface area contributed by atoms with Crippen LogP contribution in [-0.2, 0) is 25.4 Å². The lowest BCUT2D eigenvalue weighted by molar-refractivity contribution is -0.320. The zero-order chi connectivity index (χ0) is 21.0. The highest BCUT2D eigenvalue weighted by molar-refractivity contribution is 5.14. The largest absolute Gasteiger partial charge is 0.388 e. The Kier molecular flexibility index (Phi) is 7.93. The summed E-state index contributed by atoms with van der Waals surface area (Å²) in [6.07, 6.45) is -11.5. The van der Waals surface area contributed by atoms with E-state index < -0.39 is 55.3 Å². The molecular formula is C19H28O10. The van der Waals surface area contributed by atoms with Crippen molar-refractivity contribution in [2.75, 3.05) is 19.8 Å². The Morgan fingerprint density at radius 1 is 0.793 bits per heavy atom. The van der Waals surface area contributed by atoms with E-state index in [1.54, 1.807) is 0 Å². The number of benzene rings is 1. The fourth-order valence-corrected chi connectivity index (χ4v) is 3.25. The number of ether oxygens (including phenoxy) is 4. The molecule has 1 aromatic carbocycles. The molecule has 1 aromatic rings. The Morgan fingerprint density at radius 2 is 1.48 bits per heavy atom. The minimum absolute atomic E-state index is 0.219. The van der Waals surface area contributed by atoms with Crippen molar-refractivity contribution in [2.45, 2.75) is 61.7 Å². The minimum atomic E-state index is -1.52. The molecule has 0 spiro atoms. The summed E-state index contributed by atoms with van der Waals surface area (Å²) in [7, 11) is 0. The molecule has 0 saturated carbocycles. The molecule has 3 rings (SSSR count). The molecule has 0 bridgehead atoms. The summed E-state index contributed by atoms with van der Waals surface area (Å²) in [5.74, 6) is 0. The summed E-state index contributed by atoms with van der Waals surface area (Å²) in [6, 6.07) is 9.54. The molecule has 0 radical (unpaired) electrons. The monoisotopic (exact) mass is 416 g/mol. The van der Waals surface area contributed by atoms with Crippen molar-refractivity contribution in [3.8, 4) is 0 Å². The summed E-state index contributed by atoms with van der Waals surface area (Å²) in [6.45, 7) is -0.325. The number of rotatable bonds is 7. The summed E-state index contributed by atoms with van der Waals surface area (Å²) >= 11 is 0. The summed E-state index contributed by atoms with van der Waals surface area (Å²) in [4.78, 5) is 0. The molecule has 2 saturated heterocycles. The van der Waals surface area contributed by atoms with Crippen molar-refractivity contribution in [3.05, 3.63) is 35.9 Å². The van der Waals surface area contributed by atoms with E-state index in [9.17, 15) is 30.6 Å². The van der Waals surface area contributed by atoms with Crippen molar-refractivity contribution in [1.29, 1.82) is 0 Å². The van der Waals surface area contributed by atoms with Crippen LogP contribution >= 0.6 is 0 Å². The zero-order valence-electron chi connectivity index (χ0n) is 15.7. The second-order valence-electron chi connectivity index (χ2n) is 7.20. The van der Waals surface area contributed by atoms with Crippen LogP contribution in [0.4, 0.5) is 0 Å². The molecule has 10 nitrogen and oxygen atoms in total. The van der Waals surface area contributed by atoms with Gasteiger partial charge in [-0.05, 0) is 12.0 Å². The zero-order valence-corrected chi connectivity index (χ0v) is 15.7. The van der Waals surface area contributed by atoms with Gasteiger partial charge in [-0.1, -0.05) is 30.3 Å². The molecule has 29 heavy (non-hydrogen) atoms. The minimum Gasteiger partial charge on any atom is -0.388 e. The third-order valence-electron chi connectivity index (χ3n) is 5.06. The van der Waals surface area contributed by atoms with Crippen LogP contribution in [0.5, 0.6) is 0 Å². The molecule has 0 unspecified atom stereocenters. The van der Waals surface area contributed by atoms with E-state index in [1.807, 2.05) is 30.3 Å². The Labute approximate surface area is 167 Å². The Balaban J connectivity index is 1.51. The van der Waals surface area contributed by atoms with Crippen LogP contribution in [0, 0.1) is 0 Å². The molecule has 0 aromatic heterocycles. The maximum Gasteiger partial charge on any atom is 0.186 e. The van der Waals surface area contributed by atoms with Gasteiger partial charge in [0.05, 0.1) is 19.8 Å². The number of aliphatic hydroxyl groups is 6. The van der Waals surface area contributed by atoms with Crippen LogP contribution in [0.15, 0.2) is 30.3 Å². The Hall–Kier alpha value is -1.18. The molecule has 2 heterocycles. The normalized spacial score (nSPS) is 40.7. The molecule has 0 amide bonds. The van der Waals surface area contributed by atoms with Gasteiger partial charge < -0.3 is 49.6 Å². The van der Waals surface area contributed by atoms with E-state index >= 15 is 0 Å². The average molecular weight is 416 g/mol. The Bertz CT molecular complexity index is 616. The van der Waals surface area contributed by atoms with E-state index in [-0.39, 0.29) is 19.8 Å². The lowest BCUT2D eigenvalue weighted by Gasteiger charge is -2.41. The topological polar surface area (TPSA) is 158 Å². The van der Waals surface area contributed by atoms with Gasteiger partial charge in [0.1, 0.15) is 42.7 Å². The first-order valence-electron chi connectivity index (χ1n) is 9.51. The second kappa shape index (κ2) is 10.2. The van der Waals surface area contributed by atoms with Gasteiger partial charge in [0, 0.05) is 0 Å². The van der Waals surface area contributed by atoms with Crippen LogP contribution in [0.3, 0.4) is 0 Å². The van der Waals surface area contributed by atoms with Crippen molar-refractivity contribution < 1.29 is 49.6 Å². The third-order valence-corrected chi connectivity index (χ3v) is 5.06. The van der Waals surface area contributed by atoms with Gasteiger partial charge >= 0.3 is 0 Å². The predicted molar refractivity (Wildman–Crippen MR) is 96.5 cm³/mol. The molecular weight excluding hydrogens is 388 g/mol. The van der Waals surface area contributed by atoms with E-state index in [0.717, 1.165) is 5.56 Å². The highest BCUT2D eigenvalue weighted by Gasteiger charge is 2.45. The lowest BCUT2D eigenvalue weighted by Crippen LogP contribution is -2.60. The van der Waals surface area contributed by atoms with E-state index in [2.05, 4.69) is 0 Å². The Morgan fingerprint density at radius 3 is 2.21 bits per heavy atom. The van der Waals surface area contributed by atoms with Gasteiger partial charge in [0.15, 0.2) is 12.6 Å². The molecule has 0 aliphatic carbocycles. The van der Waals surface area contributed by atoms with Gasteiger partial charge in [-0.2, -0.15) is 0 Å². The first kappa shape index (κ1) is 22.5. The molecule has 2 aliphatic heterocycles. The summed E-state index contributed by atoms with van der Waals surface area (Å²) < 4.78 is 21.6. The maximum absolute atomic E-state index is 10.2. The van der Waals surface area contributed by atoms with Crippen LogP contribution in [0.25, 0.3) is 0 Å². The van der Waals surface area contributed by atoms with Crippen LogP contribution < -0.4 is 0 Å². The number of hydrogen-bond acceptors (Lipinski definition) is 10. The van der Waals surface area contributed by atoms with Gasteiger partial charge in [-0.25, -0.2) is 0 Å². The first-order valence-corrected chi connectivity index (χ1v) is 9.51. The van der Waals surface area contributed by atoms with Crippen molar-refractivity contribution in [3.63, 3.8) is 0 Å². The maximum atomic E-state index is 10.2. The van der Waals surface area contributed by atoms with Crippen LogP contribution in [0.1, 0.15) is 5.56 Å². The fraction of sp³-hybridized carbons (Fsp3) is 0.684. The summed E-state index contributed by atoms with van der Waals surface area (Å²) in [5.41, 5.74) is 1.03. The van der Waals surface area contributed by atoms with Gasteiger partial charge in [-0.3, -0.25) is 0 Å². The quantitative estimate of drug-likeness (QED) is 0.281. The van der Waals surface area contributed by atoms with E-state index in [1.165, 1.54) is 0 Å². The molecule has 6 N–H and O–H groups in total. The highest BCUT2D eigenvalue weighted by Crippen LogP contribution is 2.24. The number of hydrogen-bond donors (Lipinski definition) is 6. The van der Waals surface area contributed by atoms with Crippen LogP contribution in [-0.4, -0.2) is 106 Å². The van der Waals surface area contributed by atoms with Gasteiger partial charge in [0.2, 0.25) is 0 Å². The second-order valence-corrected chi connectivity index (χ2v) is 7.20. The van der Waals surface area contributed by atoms with E-state index in [0.29, 0.717) is 6.42 Å². The summed E-state index contributed by atoms with van der Waals surface area (Å²) in [5, 5.41) is 59.4. The first-order chi connectivity index (χ1) is 13.9. The average Bonchev–Trinajstić information content (AvgIpc) is 2.73. The van der Waals surface area contributed by atoms with Crippen molar-refractivity contribution in [1.82, 2.24) is 0 Å². The van der Waals surface area contributed by atoms with Gasteiger partial charge in [0.25, 0.3) is 0 Å². The molecule has 9 atom stereocenters. The molecule has 2 fully saturated rings. The van der Waals surface area contributed by atoms with Crippen molar-refractivity contribution >= 4 is 0 Å². The van der Waals surface area contributed by atoms with E-state index in [4.69, 9.17) is 18.9 Å².